The van der Waals surface area contributed by atoms with Crippen molar-refractivity contribution in [2.24, 2.45) is 11.8 Å². The van der Waals surface area contributed by atoms with Crippen molar-refractivity contribution in [2.75, 3.05) is 6.54 Å². The van der Waals surface area contributed by atoms with E-state index in [2.05, 4.69) is 39.1 Å². The summed E-state index contributed by atoms with van der Waals surface area (Å²) in [5.41, 5.74) is 1.22. The van der Waals surface area contributed by atoms with Crippen LogP contribution in [0.2, 0.25) is 0 Å². The van der Waals surface area contributed by atoms with Crippen LogP contribution in [0.25, 0.3) is 0 Å². The van der Waals surface area contributed by atoms with Crippen molar-refractivity contribution in [1.29, 1.82) is 0 Å². The van der Waals surface area contributed by atoms with Crippen LogP contribution in [0.1, 0.15) is 63.5 Å². The van der Waals surface area contributed by atoms with Crippen molar-refractivity contribution in [3.05, 3.63) is 23.2 Å². The first-order valence-electron chi connectivity index (χ1n) is 8.50. The summed E-state index contributed by atoms with van der Waals surface area (Å²) >= 11 is 0. The maximum Gasteiger partial charge on any atom is 0.130 e. The highest BCUT2D eigenvalue weighted by Crippen LogP contribution is 2.31. The summed E-state index contributed by atoms with van der Waals surface area (Å²) in [6.07, 6.45) is 5.22. The summed E-state index contributed by atoms with van der Waals surface area (Å²) in [5.74, 6) is 3.63. The molecule has 3 unspecified atom stereocenters. The molecule has 1 heterocycles. The first kappa shape index (κ1) is 16.6. The monoisotopic (exact) mass is 293 g/mol. The van der Waals surface area contributed by atoms with Crippen LogP contribution in [-0.4, -0.2) is 12.6 Å². The van der Waals surface area contributed by atoms with Crippen molar-refractivity contribution in [3.8, 4) is 0 Å². The number of rotatable bonds is 7. The number of furan rings is 1. The molecule has 2 rings (SSSR count). The highest BCUT2D eigenvalue weighted by Gasteiger charge is 2.25. The number of nitrogens with one attached hydrogen (secondary N) is 1. The maximum atomic E-state index is 6.07. The quantitative estimate of drug-likeness (QED) is 0.755. The van der Waals surface area contributed by atoms with Crippen LogP contribution in [0, 0.1) is 18.8 Å². The summed E-state index contributed by atoms with van der Waals surface area (Å²) in [6, 6.07) is 2.12. The molecule has 120 valence electrons. The topological polar surface area (TPSA) is 34.4 Å². The Labute approximate surface area is 129 Å². The largest absolute Gasteiger partial charge is 0.462 e. The fourth-order valence-electron chi connectivity index (χ4n) is 3.06. The van der Waals surface area contributed by atoms with Gasteiger partial charge in [0.05, 0.1) is 12.6 Å². The smallest absolute Gasteiger partial charge is 0.130 e. The normalized spacial score (nSPS) is 26.2. The zero-order valence-corrected chi connectivity index (χ0v) is 14.1. The molecule has 0 aromatic carbocycles. The molecular weight excluding hydrogens is 262 g/mol. The molecule has 0 bridgehead atoms. The van der Waals surface area contributed by atoms with E-state index in [1.54, 1.807) is 0 Å². The summed E-state index contributed by atoms with van der Waals surface area (Å²) in [6.45, 7) is 11.4. The first-order valence-corrected chi connectivity index (χ1v) is 8.50. The predicted octanol–water partition coefficient (Wildman–Crippen LogP) is 4.43. The zero-order chi connectivity index (χ0) is 15.2. The fourth-order valence-corrected chi connectivity index (χ4v) is 3.06. The average molecular weight is 293 g/mol. The lowest BCUT2D eigenvalue weighted by atomic mass is 9.80. The van der Waals surface area contributed by atoms with E-state index in [1.165, 1.54) is 24.8 Å². The third-order valence-corrected chi connectivity index (χ3v) is 4.80. The van der Waals surface area contributed by atoms with E-state index in [4.69, 9.17) is 9.15 Å². The van der Waals surface area contributed by atoms with E-state index in [-0.39, 0.29) is 0 Å². The van der Waals surface area contributed by atoms with Crippen LogP contribution in [0.15, 0.2) is 10.5 Å². The molecule has 0 radical (unpaired) electrons. The summed E-state index contributed by atoms with van der Waals surface area (Å²) in [7, 11) is 0. The average Bonchev–Trinajstić information content (AvgIpc) is 2.81. The molecule has 0 amide bonds. The van der Waals surface area contributed by atoms with Gasteiger partial charge >= 0.3 is 0 Å². The molecule has 1 aliphatic carbocycles. The van der Waals surface area contributed by atoms with Gasteiger partial charge in [-0.3, -0.25) is 0 Å². The van der Waals surface area contributed by atoms with E-state index in [0.717, 1.165) is 42.9 Å². The Bertz CT molecular complexity index is 427. The van der Waals surface area contributed by atoms with E-state index >= 15 is 0 Å². The molecule has 3 nitrogen and oxygen atoms in total. The molecule has 1 aliphatic rings. The number of ether oxygens (including phenoxy) is 1. The second-order valence-electron chi connectivity index (χ2n) is 6.70. The van der Waals surface area contributed by atoms with Crippen LogP contribution >= 0.6 is 0 Å². The highest BCUT2D eigenvalue weighted by molar-refractivity contribution is 5.19. The van der Waals surface area contributed by atoms with E-state index in [1.807, 2.05) is 0 Å². The highest BCUT2D eigenvalue weighted by atomic mass is 16.5. The Morgan fingerprint density at radius 3 is 2.81 bits per heavy atom. The van der Waals surface area contributed by atoms with Gasteiger partial charge in [-0.25, -0.2) is 0 Å². The van der Waals surface area contributed by atoms with Crippen LogP contribution in [-0.2, 0) is 17.9 Å². The van der Waals surface area contributed by atoms with Gasteiger partial charge in [0, 0.05) is 0 Å². The van der Waals surface area contributed by atoms with Crippen LogP contribution < -0.4 is 5.32 Å². The molecule has 1 N–H and O–H groups in total. The lowest BCUT2D eigenvalue weighted by Gasteiger charge is -2.31. The minimum atomic E-state index is 0.406. The summed E-state index contributed by atoms with van der Waals surface area (Å²) < 4.78 is 12.0. The van der Waals surface area contributed by atoms with Gasteiger partial charge in [0.25, 0.3) is 0 Å². The van der Waals surface area contributed by atoms with Crippen LogP contribution in [0.4, 0.5) is 0 Å². The molecular formula is C18H31NO2. The third kappa shape index (κ3) is 4.86. The standard InChI is InChI=1S/C18H31NO2/c1-5-8-19-11-18-15(4)10-17(21-18)12-20-16-7-6-13(2)14(3)9-16/h10,13-14,16,19H,5-9,11-12H2,1-4H3. The molecule has 21 heavy (non-hydrogen) atoms. The molecule has 1 fully saturated rings. The van der Waals surface area contributed by atoms with Gasteiger partial charge in [0.1, 0.15) is 18.1 Å². The van der Waals surface area contributed by atoms with Crippen molar-refractivity contribution < 1.29 is 9.15 Å². The molecule has 3 atom stereocenters. The molecule has 0 aliphatic heterocycles. The number of aryl methyl sites for hydroxylation is 1. The number of hydrogen-bond donors (Lipinski definition) is 1. The number of hydrogen-bond acceptors (Lipinski definition) is 3. The fraction of sp³-hybridized carbons (Fsp3) is 0.778. The maximum absolute atomic E-state index is 6.07. The minimum absolute atomic E-state index is 0.406. The Morgan fingerprint density at radius 2 is 2.10 bits per heavy atom. The van der Waals surface area contributed by atoms with Gasteiger partial charge in [-0.05, 0) is 62.6 Å². The van der Waals surface area contributed by atoms with E-state index in [9.17, 15) is 0 Å². The second kappa shape index (κ2) is 8.00. The SMILES string of the molecule is CCCNCc1oc(COC2CCC(C)C(C)C2)cc1C. The van der Waals surface area contributed by atoms with Gasteiger partial charge < -0.3 is 14.5 Å². The minimum Gasteiger partial charge on any atom is -0.462 e. The first-order chi connectivity index (χ1) is 10.1. The third-order valence-electron chi connectivity index (χ3n) is 4.80. The Morgan fingerprint density at radius 1 is 1.29 bits per heavy atom. The summed E-state index contributed by atoms with van der Waals surface area (Å²) in [5, 5.41) is 3.39. The second-order valence-corrected chi connectivity index (χ2v) is 6.70. The summed E-state index contributed by atoms with van der Waals surface area (Å²) in [4.78, 5) is 0. The molecule has 0 saturated heterocycles. The molecule has 1 saturated carbocycles. The van der Waals surface area contributed by atoms with Crippen molar-refractivity contribution in [2.45, 2.75) is 72.6 Å². The van der Waals surface area contributed by atoms with Crippen molar-refractivity contribution in [1.82, 2.24) is 5.32 Å². The Hall–Kier alpha value is -0.800. The molecule has 1 aromatic rings. The van der Waals surface area contributed by atoms with Gasteiger partial charge in [-0.15, -0.1) is 0 Å². The lowest BCUT2D eigenvalue weighted by Crippen LogP contribution is -2.26. The van der Waals surface area contributed by atoms with E-state index < -0.39 is 0 Å². The van der Waals surface area contributed by atoms with Crippen molar-refractivity contribution in [3.63, 3.8) is 0 Å². The van der Waals surface area contributed by atoms with Gasteiger partial charge in [-0.2, -0.15) is 0 Å². The van der Waals surface area contributed by atoms with Crippen molar-refractivity contribution >= 4 is 0 Å². The molecule has 1 aromatic heterocycles. The van der Waals surface area contributed by atoms with Gasteiger partial charge in [0.2, 0.25) is 0 Å². The predicted molar refractivity (Wildman–Crippen MR) is 86.2 cm³/mol. The van der Waals surface area contributed by atoms with E-state index in [0.29, 0.717) is 12.7 Å². The van der Waals surface area contributed by atoms with Gasteiger partial charge in [0.15, 0.2) is 0 Å². The Kier molecular flexibility index (Phi) is 6.31. The zero-order valence-electron chi connectivity index (χ0n) is 14.1. The van der Waals surface area contributed by atoms with Crippen LogP contribution in [0.3, 0.4) is 0 Å². The molecule has 0 spiro atoms. The lowest BCUT2D eigenvalue weighted by molar-refractivity contribution is -0.0142. The molecule has 3 heteroatoms. The van der Waals surface area contributed by atoms with Crippen LogP contribution in [0.5, 0.6) is 0 Å². The Balaban J connectivity index is 1.79. The van der Waals surface area contributed by atoms with Gasteiger partial charge in [-0.1, -0.05) is 20.8 Å².